The fraction of sp³-hybridized carbons (Fsp3) is 0.667. The SMILES string of the molecule is CC(C)Oc1cncc(CC(N)C2CC2)n1. The molecule has 0 aromatic carbocycles. The van der Waals surface area contributed by atoms with Crippen LogP contribution in [0.15, 0.2) is 12.4 Å². The number of nitrogens with zero attached hydrogens (tertiary/aromatic N) is 2. The van der Waals surface area contributed by atoms with Crippen LogP contribution in [0.3, 0.4) is 0 Å². The van der Waals surface area contributed by atoms with Crippen molar-refractivity contribution in [2.75, 3.05) is 0 Å². The van der Waals surface area contributed by atoms with Crippen LogP contribution in [0.1, 0.15) is 32.4 Å². The lowest BCUT2D eigenvalue weighted by atomic mass is 10.1. The molecule has 2 N–H and O–H groups in total. The predicted molar refractivity (Wildman–Crippen MR) is 62.2 cm³/mol. The van der Waals surface area contributed by atoms with E-state index in [1.165, 1.54) is 12.8 Å². The largest absolute Gasteiger partial charge is 0.474 e. The van der Waals surface area contributed by atoms with Crippen molar-refractivity contribution in [3.63, 3.8) is 0 Å². The van der Waals surface area contributed by atoms with Crippen molar-refractivity contribution in [3.8, 4) is 5.88 Å². The second kappa shape index (κ2) is 4.78. The molecule has 2 rings (SSSR count). The molecule has 1 aromatic rings. The molecule has 0 amide bonds. The van der Waals surface area contributed by atoms with Gasteiger partial charge in [0.15, 0.2) is 0 Å². The molecule has 16 heavy (non-hydrogen) atoms. The maximum atomic E-state index is 6.05. The lowest BCUT2D eigenvalue weighted by Gasteiger charge is -2.11. The molecule has 4 heteroatoms. The van der Waals surface area contributed by atoms with Crippen LogP contribution in [0.25, 0.3) is 0 Å². The molecule has 1 aliphatic carbocycles. The van der Waals surface area contributed by atoms with Gasteiger partial charge in [0.2, 0.25) is 5.88 Å². The van der Waals surface area contributed by atoms with Gasteiger partial charge in [-0.05, 0) is 32.6 Å². The van der Waals surface area contributed by atoms with Gasteiger partial charge in [-0.25, -0.2) is 4.98 Å². The van der Waals surface area contributed by atoms with Crippen molar-refractivity contribution in [1.82, 2.24) is 9.97 Å². The first kappa shape index (κ1) is 11.3. The predicted octanol–water partition coefficient (Wildman–Crippen LogP) is 1.54. The van der Waals surface area contributed by atoms with Gasteiger partial charge in [0, 0.05) is 18.7 Å². The van der Waals surface area contributed by atoms with Gasteiger partial charge in [-0.3, -0.25) is 4.98 Å². The zero-order valence-corrected chi connectivity index (χ0v) is 9.89. The lowest BCUT2D eigenvalue weighted by Crippen LogP contribution is -2.25. The Kier molecular flexibility index (Phi) is 3.39. The summed E-state index contributed by atoms with van der Waals surface area (Å²) in [6.07, 6.45) is 6.86. The Morgan fingerprint density at radius 2 is 2.19 bits per heavy atom. The summed E-state index contributed by atoms with van der Waals surface area (Å²) < 4.78 is 5.50. The first-order valence-corrected chi connectivity index (χ1v) is 5.88. The summed E-state index contributed by atoms with van der Waals surface area (Å²) >= 11 is 0. The summed E-state index contributed by atoms with van der Waals surface area (Å²) in [5.41, 5.74) is 6.98. The van der Waals surface area contributed by atoms with E-state index >= 15 is 0 Å². The van der Waals surface area contributed by atoms with E-state index in [1.54, 1.807) is 12.4 Å². The summed E-state index contributed by atoms with van der Waals surface area (Å²) in [7, 11) is 0. The van der Waals surface area contributed by atoms with E-state index < -0.39 is 0 Å². The summed E-state index contributed by atoms with van der Waals surface area (Å²) in [6, 6.07) is 0.226. The number of aromatic nitrogens is 2. The number of hydrogen-bond acceptors (Lipinski definition) is 4. The second-order valence-electron chi connectivity index (χ2n) is 4.72. The first-order valence-electron chi connectivity index (χ1n) is 5.88. The molecule has 0 spiro atoms. The molecule has 0 saturated heterocycles. The molecule has 4 nitrogen and oxygen atoms in total. The minimum Gasteiger partial charge on any atom is -0.474 e. The highest BCUT2D eigenvalue weighted by Gasteiger charge is 2.28. The molecule has 88 valence electrons. The fourth-order valence-corrected chi connectivity index (χ4v) is 1.72. The molecule has 1 saturated carbocycles. The van der Waals surface area contributed by atoms with Crippen molar-refractivity contribution in [2.24, 2.45) is 11.7 Å². The minimum absolute atomic E-state index is 0.127. The standard InChI is InChI=1S/C12H19N3O/c1-8(2)16-12-7-14-6-10(15-12)5-11(13)9-3-4-9/h6-9,11H,3-5,13H2,1-2H3. The molecule has 1 aliphatic rings. The number of rotatable bonds is 5. The van der Waals surface area contributed by atoms with Crippen molar-refractivity contribution in [1.29, 1.82) is 0 Å². The number of nitrogens with two attached hydrogens (primary N) is 1. The van der Waals surface area contributed by atoms with Crippen LogP contribution in [0.4, 0.5) is 0 Å². The van der Waals surface area contributed by atoms with Crippen LogP contribution in [0.2, 0.25) is 0 Å². The Labute approximate surface area is 96.2 Å². The van der Waals surface area contributed by atoms with Crippen molar-refractivity contribution < 1.29 is 4.74 Å². The Bertz CT molecular complexity index is 350. The molecule has 0 radical (unpaired) electrons. The van der Waals surface area contributed by atoms with Gasteiger partial charge >= 0.3 is 0 Å². The number of ether oxygens (including phenoxy) is 1. The van der Waals surface area contributed by atoms with Crippen molar-refractivity contribution in [3.05, 3.63) is 18.1 Å². The second-order valence-corrected chi connectivity index (χ2v) is 4.72. The zero-order chi connectivity index (χ0) is 11.5. The lowest BCUT2D eigenvalue weighted by molar-refractivity contribution is 0.230. The normalized spacial score (nSPS) is 17.5. The van der Waals surface area contributed by atoms with E-state index in [2.05, 4.69) is 9.97 Å². The smallest absolute Gasteiger partial charge is 0.232 e. The van der Waals surface area contributed by atoms with Gasteiger partial charge in [-0.15, -0.1) is 0 Å². The van der Waals surface area contributed by atoms with E-state index in [1.807, 2.05) is 13.8 Å². The average Bonchev–Trinajstić information content (AvgIpc) is 2.99. The first-order chi connectivity index (χ1) is 7.65. The highest BCUT2D eigenvalue weighted by molar-refractivity contribution is 5.10. The fourth-order valence-electron chi connectivity index (χ4n) is 1.72. The highest BCUT2D eigenvalue weighted by atomic mass is 16.5. The molecule has 1 heterocycles. The zero-order valence-electron chi connectivity index (χ0n) is 9.89. The van der Waals surface area contributed by atoms with Crippen LogP contribution in [-0.4, -0.2) is 22.1 Å². The molecule has 1 aromatic heterocycles. The van der Waals surface area contributed by atoms with Gasteiger partial charge in [0.1, 0.15) is 0 Å². The van der Waals surface area contributed by atoms with Crippen LogP contribution in [-0.2, 0) is 6.42 Å². The van der Waals surface area contributed by atoms with Gasteiger partial charge in [0.05, 0.1) is 18.0 Å². The molecule has 0 bridgehead atoms. The Hall–Kier alpha value is -1.16. The summed E-state index contributed by atoms with van der Waals surface area (Å²) in [6.45, 7) is 3.95. The molecule has 0 aliphatic heterocycles. The van der Waals surface area contributed by atoms with Crippen LogP contribution in [0, 0.1) is 5.92 Å². The summed E-state index contributed by atoms with van der Waals surface area (Å²) in [5, 5.41) is 0. The van der Waals surface area contributed by atoms with Gasteiger partial charge in [-0.2, -0.15) is 0 Å². The third kappa shape index (κ3) is 3.17. The Balaban J connectivity index is 1.97. The Morgan fingerprint density at radius 3 is 2.81 bits per heavy atom. The highest BCUT2D eigenvalue weighted by Crippen LogP contribution is 2.32. The van der Waals surface area contributed by atoms with Crippen LogP contribution in [0.5, 0.6) is 5.88 Å². The molecular formula is C12H19N3O. The number of hydrogen-bond donors (Lipinski definition) is 1. The van der Waals surface area contributed by atoms with E-state index in [0.717, 1.165) is 12.1 Å². The van der Waals surface area contributed by atoms with Gasteiger partial charge in [-0.1, -0.05) is 0 Å². The van der Waals surface area contributed by atoms with E-state index in [0.29, 0.717) is 11.8 Å². The third-order valence-electron chi connectivity index (χ3n) is 2.69. The van der Waals surface area contributed by atoms with Gasteiger partial charge in [0.25, 0.3) is 0 Å². The molecule has 1 atom stereocenters. The van der Waals surface area contributed by atoms with Crippen LogP contribution >= 0.6 is 0 Å². The van der Waals surface area contributed by atoms with Crippen molar-refractivity contribution in [2.45, 2.75) is 45.3 Å². The maximum absolute atomic E-state index is 6.05. The summed E-state index contributed by atoms with van der Waals surface area (Å²) in [4.78, 5) is 8.53. The quantitative estimate of drug-likeness (QED) is 0.819. The Morgan fingerprint density at radius 1 is 1.44 bits per heavy atom. The third-order valence-corrected chi connectivity index (χ3v) is 2.69. The monoisotopic (exact) mass is 221 g/mol. The summed E-state index contributed by atoms with van der Waals surface area (Å²) in [5.74, 6) is 1.28. The van der Waals surface area contributed by atoms with E-state index in [9.17, 15) is 0 Å². The minimum atomic E-state index is 0.127. The van der Waals surface area contributed by atoms with Crippen molar-refractivity contribution >= 4 is 0 Å². The van der Waals surface area contributed by atoms with Gasteiger partial charge < -0.3 is 10.5 Å². The van der Waals surface area contributed by atoms with Crippen LogP contribution < -0.4 is 10.5 Å². The maximum Gasteiger partial charge on any atom is 0.232 e. The average molecular weight is 221 g/mol. The molecular weight excluding hydrogens is 202 g/mol. The van der Waals surface area contributed by atoms with E-state index in [-0.39, 0.29) is 12.1 Å². The van der Waals surface area contributed by atoms with E-state index in [4.69, 9.17) is 10.5 Å². The molecule has 1 fully saturated rings. The topological polar surface area (TPSA) is 61.0 Å². The molecule has 1 unspecified atom stereocenters.